The number of nitrogens with one attached hydrogen (secondary N) is 2. The second kappa shape index (κ2) is 4.83. The van der Waals surface area contributed by atoms with E-state index in [-0.39, 0.29) is 12.3 Å². The monoisotopic (exact) mass is 283 g/mol. The molecule has 1 aromatic heterocycles. The van der Waals surface area contributed by atoms with Crippen molar-refractivity contribution in [3.8, 4) is 11.8 Å². The molecule has 106 valence electrons. The Morgan fingerprint density at radius 1 is 1.43 bits per heavy atom. The van der Waals surface area contributed by atoms with E-state index in [1.807, 2.05) is 25.2 Å². The minimum atomic E-state index is -0.514. The van der Waals surface area contributed by atoms with Crippen molar-refractivity contribution in [2.45, 2.75) is 12.5 Å². The van der Waals surface area contributed by atoms with Crippen LogP contribution in [0.15, 0.2) is 18.2 Å². The number of anilines is 1. The fourth-order valence-electron chi connectivity index (χ4n) is 2.23. The van der Waals surface area contributed by atoms with Crippen LogP contribution in [0.2, 0.25) is 0 Å². The zero-order valence-corrected chi connectivity index (χ0v) is 11.3. The van der Waals surface area contributed by atoms with Crippen LogP contribution >= 0.6 is 0 Å². The summed E-state index contributed by atoms with van der Waals surface area (Å²) >= 11 is 0. The number of nitrogens with zero attached hydrogens (tertiary/aromatic N) is 2. The number of fused-ring (bicyclic) bond motifs is 1. The number of nitrogen functional groups attached to an aromatic ring is 1. The molecular formula is C14H13N5O2. The molecule has 1 aromatic carbocycles. The van der Waals surface area contributed by atoms with Crippen LogP contribution in [-0.2, 0) is 11.8 Å². The fraction of sp³-hybridized carbons (Fsp3) is 0.214. The van der Waals surface area contributed by atoms with E-state index in [0.29, 0.717) is 5.82 Å². The number of carbonyl (C=O) groups excluding carboxylic acids is 2. The average molecular weight is 283 g/mol. The molecule has 1 aliphatic rings. The molecule has 3 amide bonds. The van der Waals surface area contributed by atoms with E-state index >= 15 is 0 Å². The predicted molar refractivity (Wildman–Crippen MR) is 77.1 cm³/mol. The highest BCUT2D eigenvalue weighted by molar-refractivity contribution is 5.97. The Morgan fingerprint density at radius 2 is 2.24 bits per heavy atom. The maximum Gasteiger partial charge on any atom is 0.322 e. The summed E-state index contributed by atoms with van der Waals surface area (Å²) in [6.07, 6.45) is 0.152. The van der Waals surface area contributed by atoms with E-state index in [0.717, 1.165) is 16.5 Å². The van der Waals surface area contributed by atoms with E-state index in [9.17, 15) is 9.59 Å². The van der Waals surface area contributed by atoms with Crippen LogP contribution in [0.25, 0.3) is 10.9 Å². The van der Waals surface area contributed by atoms with Gasteiger partial charge in [0.05, 0.1) is 11.9 Å². The van der Waals surface area contributed by atoms with E-state index in [1.165, 1.54) is 0 Å². The zero-order chi connectivity index (χ0) is 15.0. The first-order valence-corrected chi connectivity index (χ1v) is 6.37. The first kappa shape index (κ1) is 13.0. The molecule has 1 saturated heterocycles. The Kier molecular flexibility index (Phi) is 2.99. The third kappa shape index (κ3) is 2.51. The van der Waals surface area contributed by atoms with E-state index in [1.54, 1.807) is 4.68 Å². The highest BCUT2D eigenvalue weighted by atomic mass is 16.2. The van der Waals surface area contributed by atoms with E-state index in [4.69, 9.17) is 5.73 Å². The smallest absolute Gasteiger partial charge is 0.322 e. The SMILES string of the molecule is Cn1nc(N)c2ccc(C#CC3CC(=O)NC(=O)N3)cc21. The van der Waals surface area contributed by atoms with Gasteiger partial charge in [-0.05, 0) is 18.2 Å². The van der Waals surface area contributed by atoms with Crippen molar-refractivity contribution in [2.24, 2.45) is 7.05 Å². The normalized spacial score (nSPS) is 17.9. The standard InChI is InChI=1S/C14H13N5O2/c1-19-11-6-8(3-5-10(11)13(15)18-19)2-4-9-7-12(20)17-14(21)16-9/h3,5-6,9H,7H2,1H3,(H2,15,18)(H2,16,17,20,21). The van der Waals surface area contributed by atoms with Crippen molar-refractivity contribution in [1.82, 2.24) is 20.4 Å². The third-order valence-corrected chi connectivity index (χ3v) is 3.22. The Morgan fingerprint density at radius 3 is 3.00 bits per heavy atom. The van der Waals surface area contributed by atoms with Crippen LogP contribution in [-0.4, -0.2) is 27.8 Å². The van der Waals surface area contributed by atoms with Gasteiger partial charge in [-0.3, -0.25) is 14.8 Å². The Labute approximate surface area is 120 Å². The minimum Gasteiger partial charge on any atom is -0.382 e. The third-order valence-electron chi connectivity index (χ3n) is 3.22. The Balaban J connectivity index is 1.88. The lowest BCUT2D eigenvalue weighted by molar-refractivity contribution is -0.120. The summed E-state index contributed by atoms with van der Waals surface area (Å²) < 4.78 is 1.69. The fourth-order valence-corrected chi connectivity index (χ4v) is 2.23. The highest BCUT2D eigenvalue weighted by Crippen LogP contribution is 2.20. The number of carbonyl (C=O) groups is 2. The number of aryl methyl sites for hydroxylation is 1. The lowest BCUT2D eigenvalue weighted by Gasteiger charge is -2.18. The van der Waals surface area contributed by atoms with Gasteiger partial charge in [-0.1, -0.05) is 11.8 Å². The van der Waals surface area contributed by atoms with Crippen molar-refractivity contribution >= 4 is 28.7 Å². The molecule has 7 heteroatoms. The molecule has 21 heavy (non-hydrogen) atoms. The largest absolute Gasteiger partial charge is 0.382 e. The van der Waals surface area contributed by atoms with Gasteiger partial charge in [0, 0.05) is 18.0 Å². The summed E-state index contributed by atoms with van der Waals surface area (Å²) in [5, 5.41) is 9.75. The summed E-state index contributed by atoms with van der Waals surface area (Å²) in [7, 11) is 1.81. The first-order chi connectivity index (χ1) is 10.0. The van der Waals surface area contributed by atoms with Crippen LogP contribution in [0, 0.1) is 11.8 Å². The maximum absolute atomic E-state index is 11.3. The van der Waals surface area contributed by atoms with E-state index < -0.39 is 12.1 Å². The number of urea groups is 1. The quantitative estimate of drug-likeness (QED) is 0.597. The molecule has 1 unspecified atom stereocenters. The van der Waals surface area contributed by atoms with Crippen LogP contribution < -0.4 is 16.4 Å². The molecule has 1 atom stereocenters. The number of benzene rings is 1. The number of amides is 3. The van der Waals surface area contributed by atoms with Gasteiger partial charge in [-0.25, -0.2) is 4.79 Å². The number of aromatic nitrogens is 2. The summed E-state index contributed by atoms with van der Waals surface area (Å²) in [6, 6.07) is 4.57. The molecule has 0 saturated carbocycles. The van der Waals surface area contributed by atoms with Crippen molar-refractivity contribution in [2.75, 3.05) is 5.73 Å². The number of rotatable bonds is 0. The van der Waals surface area contributed by atoms with Gasteiger partial charge >= 0.3 is 6.03 Å². The second-order valence-electron chi connectivity index (χ2n) is 4.79. The molecule has 3 rings (SSSR count). The molecule has 0 radical (unpaired) electrons. The van der Waals surface area contributed by atoms with Gasteiger partial charge in [-0.15, -0.1) is 0 Å². The molecule has 0 bridgehead atoms. The number of hydrogen-bond donors (Lipinski definition) is 3. The van der Waals surface area contributed by atoms with Crippen LogP contribution in [0.1, 0.15) is 12.0 Å². The minimum absolute atomic E-state index is 0.152. The van der Waals surface area contributed by atoms with Crippen LogP contribution in [0.4, 0.5) is 10.6 Å². The second-order valence-corrected chi connectivity index (χ2v) is 4.79. The van der Waals surface area contributed by atoms with E-state index in [2.05, 4.69) is 27.6 Å². The van der Waals surface area contributed by atoms with Crippen molar-refractivity contribution < 1.29 is 9.59 Å². The lowest BCUT2D eigenvalue weighted by atomic mass is 10.1. The molecule has 7 nitrogen and oxygen atoms in total. The molecule has 2 aromatic rings. The van der Waals surface area contributed by atoms with Crippen molar-refractivity contribution in [3.63, 3.8) is 0 Å². The summed E-state index contributed by atoms with van der Waals surface area (Å²) in [4.78, 5) is 22.4. The molecule has 0 spiro atoms. The van der Waals surface area contributed by atoms with Gasteiger partial charge in [0.2, 0.25) is 5.91 Å². The van der Waals surface area contributed by atoms with Gasteiger partial charge in [0.15, 0.2) is 5.82 Å². The molecule has 0 aliphatic carbocycles. The van der Waals surface area contributed by atoms with Gasteiger partial charge < -0.3 is 11.1 Å². The number of imide groups is 1. The summed E-state index contributed by atoms with van der Waals surface area (Å²) in [6.45, 7) is 0. The number of hydrogen-bond acceptors (Lipinski definition) is 4. The molecule has 1 aliphatic heterocycles. The predicted octanol–water partition coefficient (Wildman–Crippen LogP) is 0.105. The summed E-state index contributed by atoms with van der Waals surface area (Å²) in [5.74, 6) is 5.99. The lowest BCUT2D eigenvalue weighted by Crippen LogP contribution is -2.51. The van der Waals surface area contributed by atoms with Gasteiger partial charge in [-0.2, -0.15) is 5.10 Å². The Hall–Kier alpha value is -3.01. The van der Waals surface area contributed by atoms with Gasteiger partial charge in [0.25, 0.3) is 0 Å². The zero-order valence-electron chi connectivity index (χ0n) is 11.3. The molecule has 2 heterocycles. The first-order valence-electron chi connectivity index (χ1n) is 6.37. The Bertz CT molecular complexity index is 796. The van der Waals surface area contributed by atoms with Crippen molar-refractivity contribution in [3.05, 3.63) is 23.8 Å². The molecular weight excluding hydrogens is 270 g/mol. The number of nitrogens with two attached hydrogens (primary N) is 1. The van der Waals surface area contributed by atoms with Gasteiger partial charge in [0.1, 0.15) is 6.04 Å². The summed E-state index contributed by atoms with van der Waals surface area (Å²) in [5.41, 5.74) is 7.44. The highest BCUT2D eigenvalue weighted by Gasteiger charge is 2.21. The van der Waals surface area contributed by atoms with Crippen molar-refractivity contribution in [1.29, 1.82) is 0 Å². The maximum atomic E-state index is 11.3. The average Bonchev–Trinajstić information content (AvgIpc) is 2.70. The molecule has 1 fully saturated rings. The van der Waals surface area contributed by atoms with Crippen LogP contribution in [0.3, 0.4) is 0 Å². The molecule has 4 N–H and O–H groups in total. The van der Waals surface area contributed by atoms with Crippen LogP contribution in [0.5, 0.6) is 0 Å². The topological polar surface area (TPSA) is 102 Å².